The molecule has 6 nitrogen and oxygen atoms in total. The Morgan fingerprint density at radius 3 is 2.36 bits per heavy atom. The lowest BCUT2D eigenvalue weighted by atomic mass is 10.2. The van der Waals surface area contributed by atoms with Crippen LogP contribution in [0.5, 0.6) is 11.5 Å². The molecule has 0 aliphatic carbocycles. The Morgan fingerprint density at radius 1 is 1.00 bits per heavy atom. The van der Waals surface area contributed by atoms with Crippen LogP contribution in [0.15, 0.2) is 48.5 Å². The SMILES string of the molecule is CCN(c1ccccc1)c1nc(C)cc(Nc2cc(OC)c(Cl)cc2OC)n1. The summed E-state index contributed by atoms with van der Waals surface area (Å²) in [6.07, 6.45) is 0. The van der Waals surface area contributed by atoms with Gasteiger partial charge in [0.1, 0.15) is 17.3 Å². The molecule has 0 saturated heterocycles. The predicted molar refractivity (Wildman–Crippen MR) is 114 cm³/mol. The number of halogens is 1. The van der Waals surface area contributed by atoms with Crippen molar-refractivity contribution < 1.29 is 9.47 Å². The first-order chi connectivity index (χ1) is 13.5. The van der Waals surface area contributed by atoms with Crippen molar-refractivity contribution >= 4 is 34.7 Å². The zero-order chi connectivity index (χ0) is 20.1. The molecule has 0 amide bonds. The zero-order valence-corrected chi connectivity index (χ0v) is 17.1. The van der Waals surface area contributed by atoms with Crippen molar-refractivity contribution in [2.24, 2.45) is 0 Å². The number of aryl methyl sites for hydroxylation is 1. The van der Waals surface area contributed by atoms with Gasteiger partial charge in [0, 0.05) is 36.1 Å². The van der Waals surface area contributed by atoms with Gasteiger partial charge >= 0.3 is 0 Å². The summed E-state index contributed by atoms with van der Waals surface area (Å²) < 4.78 is 10.8. The second kappa shape index (κ2) is 8.80. The maximum absolute atomic E-state index is 6.20. The van der Waals surface area contributed by atoms with Crippen LogP contribution < -0.4 is 19.7 Å². The highest BCUT2D eigenvalue weighted by molar-refractivity contribution is 6.32. The van der Waals surface area contributed by atoms with Gasteiger partial charge in [-0.25, -0.2) is 4.98 Å². The molecule has 3 aromatic rings. The Morgan fingerprint density at radius 2 is 1.71 bits per heavy atom. The Balaban J connectivity index is 1.98. The molecule has 3 rings (SSSR count). The van der Waals surface area contributed by atoms with Crippen molar-refractivity contribution in [3.63, 3.8) is 0 Å². The standard InChI is InChI=1S/C21H23ClN4O2/c1-5-26(15-9-7-6-8-10-15)21-23-14(2)11-20(25-21)24-17-13-18(27-3)16(22)12-19(17)28-4/h6-13H,5H2,1-4H3,(H,23,24,25). The summed E-state index contributed by atoms with van der Waals surface area (Å²) in [5, 5.41) is 3.77. The van der Waals surface area contributed by atoms with Gasteiger partial charge in [0.25, 0.3) is 0 Å². The average molecular weight is 399 g/mol. The van der Waals surface area contributed by atoms with E-state index in [2.05, 4.69) is 22.1 Å². The average Bonchev–Trinajstić information content (AvgIpc) is 2.70. The molecule has 2 aromatic carbocycles. The number of anilines is 4. The van der Waals surface area contributed by atoms with E-state index in [1.165, 1.54) is 0 Å². The molecular weight excluding hydrogens is 376 g/mol. The van der Waals surface area contributed by atoms with Crippen molar-refractivity contribution in [1.29, 1.82) is 0 Å². The third-order valence-electron chi connectivity index (χ3n) is 4.20. The quantitative estimate of drug-likeness (QED) is 0.578. The van der Waals surface area contributed by atoms with Crippen LogP contribution in [-0.4, -0.2) is 30.7 Å². The molecule has 0 aliphatic heterocycles. The minimum Gasteiger partial charge on any atom is -0.495 e. The smallest absolute Gasteiger partial charge is 0.232 e. The summed E-state index contributed by atoms with van der Waals surface area (Å²) in [4.78, 5) is 11.4. The maximum Gasteiger partial charge on any atom is 0.232 e. The summed E-state index contributed by atoms with van der Waals surface area (Å²) >= 11 is 6.20. The third-order valence-corrected chi connectivity index (χ3v) is 4.50. The number of aromatic nitrogens is 2. The molecule has 7 heteroatoms. The molecule has 1 N–H and O–H groups in total. The molecule has 146 valence electrons. The van der Waals surface area contributed by atoms with Crippen molar-refractivity contribution in [2.75, 3.05) is 31.0 Å². The van der Waals surface area contributed by atoms with Crippen molar-refractivity contribution in [1.82, 2.24) is 9.97 Å². The largest absolute Gasteiger partial charge is 0.495 e. The Bertz CT molecular complexity index is 951. The van der Waals surface area contributed by atoms with Crippen LogP contribution in [0.1, 0.15) is 12.6 Å². The van der Waals surface area contributed by atoms with Crippen LogP contribution in [0.2, 0.25) is 5.02 Å². The number of hydrogen-bond donors (Lipinski definition) is 1. The highest BCUT2D eigenvalue weighted by Crippen LogP contribution is 2.37. The summed E-state index contributed by atoms with van der Waals surface area (Å²) in [5.41, 5.74) is 2.59. The molecule has 0 saturated carbocycles. The zero-order valence-electron chi connectivity index (χ0n) is 16.4. The van der Waals surface area contributed by atoms with Gasteiger partial charge in [-0.1, -0.05) is 29.8 Å². The lowest BCUT2D eigenvalue weighted by Gasteiger charge is -2.22. The minimum atomic E-state index is 0.477. The summed E-state index contributed by atoms with van der Waals surface area (Å²) in [6.45, 7) is 4.75. The molecule has 0 aliphatic rings. The monoisotopic (exact) mass is 398 g/mol. The maximum atomic E-state index is 6.20. The van der Waals surface area contributed by atoms with Crippen LogP contribution in [0, 0.1) is 6.92 Å². The number of para-hydroxylation sites is 1. The van der Waals surface area contributed by atoms with Crippen LogP contribution in [-0.2, 0) is 0 Å². The van der Waals surface area contributed by atoms with Gasteiger partial charge in [-0.15, -0.1) is 0 Å². The molecule has 0 radical (unpaired) electrons. The topological polar surface area (TPSA) is 59.5 Å². The Hall–Kier alpha value is -2.99. The second-order valence-corrected chi connectivity index (χ2v) is 6.49. The van der Waals surface area contributed by atoms with Crippen LogP contribution >= 0.6 is 11.6 Å². The Kier molecular flexibility index (Phi) is 6.21. The first-order valence-electron chi connectivity index (χ1n) is 8.92. The molecular formula is C21H23ClN4O2. The van der Waals surface area contributed by atoms with E-state index in [9.17, 15) is 0 Å². The van der Waals surface area contributed by atoms with Crippen LogP contribution in [0.25, 0.3) is 0 Å². The lowest BCUT2D eigenvalue weighted by Crippen LogP contribution is -2.19. The lowest BCUT2D eigenvalue weighted by molar-refractivity contribution is 0.405. The van der Waals surface area contributed by atoms with E-state index < -0.39 is 0 Å². The third kappa shape index (κ3) is 4.28. The fourth-order valence-electron chi connectivity index (χ4n) is 2.88. The number of nitrogens with one attached hydrogen (secondary N) is 1. The van der Waals surface area contributed by atoms with Gasteiger partial charge < -0.3 is 19.7 Å². The molecule has 1 aromatic heterocycles. The fourth-order valence-corrected chi connectivity index (χ4v) is 3.11. The molecule has 1 heterocycles. The summed E-state index contributed by atoms with van der Waals surface area (Å²) in [7, 11) is 3.16. The van der Waals surface area contributed by atoms with E-state index in [1.807, 2.05) is 43.3 Å². The molecule has 0 fully saturated rings. The number of rotatable bonds is 7. The van der Waals surface area contributed by atoms with Gasteiger partial charge in [0.15, 0.2) is 0 Å². The van der Waals surface area contributed by atoms with E-state index in [0.29, 0.717) is 34.0 Å². The van der Waals surface area contributed by atoms with Gasteiger partial charge in [-0.3, -0.25) is 0 Å². The van der Waals surface area contributed by atoms with Crippen molar-refractivity contribution in [2.45, 2.75) is 13.8 Å². The van der Waals surface area contributed by atoms with E-state index in [4.69, 9.17) is 26.1 Å². The summed E-state index contributed by atoms with van der Waals surface area (Å²) in [5.74, 6) is 2.42. The van der Waals surface area contributed by atoms with E-state index >= 15 is 0 Å². The fraction of sp³-hybridized carbons (Fsp3) is 0.238. The molecule has 28 heavy (non-hydrogen) atoms. The van der Waals surface area contributed by atoms with Gasteiger partial charge in [-0.2, -0.15) is 4.98 Å². The van der Waals surface area contributed by atoms with Crippen molar-refractivity contribution in [3.8, 4) is 11.5 Å². The number of nitrogens with zero attached hydrogens (tertiary/aromatic N) is 3. The number of hydrogen-bond acceptors (Lipinski definition) is 6. The molecule has 0 bridgehead atoms. The van der Waals surface area contributed by atoms with Crippen LogP contribution in [0.4, 0.5) is 23.1 Å². The highest BCUT2D eigenvalue weighted by atomic mass is 35.5. The van der Waals surface area contributed by atoms with Gasteiger partial charge in [0.05, 0.1) is 24.9 Å². The van der Waals surface area contributed by atoms with Gasteiger partial charge in [0.2, 0.25) is 5.95 Å². The first kappa shape index (κ1) is 19.8. The molecule has 0 unspecified atom stereocenters. The van der Waals surface area contributed by atoms with Gasteiger partial charge in [-0.05, 0) is 26.0 Å². The van der Waals surface area contributed by atoms with Crippen molar-refractivity contribution in [3.05, 3.63) is 59.2 Å². The molecule has 0 atom stereocenters. The van der Waals surface area contributed by atoms with Crippen LogP contribution in [0.3, 0.4) is 0 Å². The molecule has 0 spiro atoms. The second-order valence-electron chi connectivity index (χ2n) is 6.09. The van der Waals surface area contributed by atoms with E-state index in [0.717, 1.165) is 17.9 Å². The number of benzene rings is 2. The summed E-state index contributed by atoms with van der Waals surface area (Å²) in [6, 6.07) is 15.4. The van der Waals surface area contributed by atoms with E-state index in [-0.39, 0.29) is 0 Å². The highest BCUT2D eigenvalue weighted by Gasteiger charge is 2.14. The number of ether oxygens (including phenoxy) is 2. The normalized spacial score (nSPS) is 10.5. The first-order valence-corrected chi connectivity index (χ1v) is 9.30. The predicted octanol–water partition coefficient (Wildman–Crippen LogP) is 5.36. The van der Waals surface area contributed by atoms with E-state index in [1.54, 1.807) is 26.4 Å². The minimum absolute atomic E-state index is 0.477. The number of methoxy groups -OCH3 is 2. The Labute approximate surface area is 170 Å².